The van der Waals surface area contributed by atoms with Crippen LogP contribution in [0.4, 0.5) is 0 Å². The number of fused-ring (bicyclic) bond motifs is 1. The molecule has 1 unspecified atom stereocenters. The van der Waals surface area contributed by atoms with Gasteiger partial charge < -0.3 is 10.2 Å². The molecule has 0 radical (unpaired) electrons. The van der Waals surface area contributed by atoms with E-state index in [1.165, 1.54) is 24.0 Å². The zero-order chi connectivity index (χ0) is 22.3. The van der Waals surface area contributed by atoms with Gasteiger partial charge in [0, 0.05) is 51.1 Å². The third-order valence-corrected chi connectivity index (χ3v) is 6.82. The maximum atomic E-state index is 12.8. The summed E-state index contributed by atoms with van der Waals surface area (Å²) >= 11 is 0. The number of benzene rings is 2. The number of ketones is 1. The predicted octanol–water partition coefficient (Wildman–Crippen LogP) is 3.63. The molecule has 4 rings (SSSR count). The monoisotopic (exact) mass is 433 g/mol. The van der Waals surface area contributed by atoms with Crippen LogP contribution in [0, 0.1) is 0 Å². The Balaban J connectivity index is 1.34. The first-order valence-corrected chi connectivity index (χ1v) is 12.0. The summed E-state index contributed by atoms with van der Waals surface area (Å²) in [6.45, 7) is 4.90. The molecule has 0 spiro atoms. The van der Waals surface area contributed by atoms with Crippen molar-refractivity contribution >= 4 is 11.7 Å². The van der Waals surface area contributed by atoms with Crippen LogP contribution in [-0.4, -0.2) is 61.3 Å². The lowest BCUT2D eigenvalue weighted by molar-refractivity contribution is -0.122. The molecule has 1 fully saturated rings. The molecule has 0 bridgehead atoms. The molecule has 0 aromatic heterocycles. The van der Waals surface area contributed by atoms with Crippen molar-refractivity contribution in [2.45, 2.75) is 44.6 Å². The third-order valence-electron chi connectivity index (χ3n) is 6.82. The fourth-order valence-corrected chi connectivity index (χ4v) is 4.75. The summed E-state index contributed by atoms with van der Waals surface area (Å²) in [6, 6.07) is 16.2. The van der Waals surface area contributed by atoms with Crippen molar-refractivity contribution in [3.8, 4) is 0 Å². The molecule has 32 heavy (non-hydrogen) atoms. The SMILES string of the molecule is CN1CCN(CC(NC(=O)CCC(=O)c2ccc3c(c2)CCCC3)c2ccccc2)CC1. The molecule has 2 aromatic carbocycles. The van der Waals surface area contributed by atoms with Gasteiger partial charge in [-0.05, 0) is 55.5 Å². The highest BCUT2D eigenvalue weighted by molar-refractivity contribution is 5.98. The van der Waals surface area contributed by atoms with Gasteiger partial charge in [-0.3, -0.25) is 14.5 Å². The Kier molecular flexibility index (Phi) is 7.72. The number of amides is 1. The summed E-state index contributed by atoms with van der Waals surface area (Å²) in [5.74, 6) is 0.00291. The van der Waals surface area contributed by atoms with Gasteiger partial charge in [-0.1, -0.05) is 42.5 Å². The van der Waals surface area contributed by atoms with Crippen LogP contribution in [-0.2, 0) is 17.6 Å². The molecular weight excluding hydrogens is 398 g/mol. The second kappa shape index (κ2) is 10.9. The maximum absolute atomic E-state index is 12.8. The number of hydrogen-bond donors (Lipinski definition) is 1. The van der Waals surface area contributed by atoms with Gasteiger partial charge in [-0.2, -0.15) is 0 Å². The minimum absolute atomic E-state index is 0.0562. The molecule has 2 aromatic rings. The average Bonchev–Trinajstić information content (AvgIpc) is 2.83. The van der Waals surface area contributed by atoms with Gasteiger partial charge in [0.2, 0.25) is 5.91 Å². The molecule has 1 aliphatic carbocycles. The number of nitrogens with one attached hydrogen (secondary N) is 1. The van der Waals surface area contributed by atoms with Gasteiger partial charge in [0.1, 0.15) is 0 Å². The zero-order valence-corrected chi connectivity index (χ0v) is 19.2. The first-order valence-electron chi connectivity index (χ1n) is 12.0. The Morgan fingerprint density at radius 2 is 1.62 bits per heavy atom. The number of piperazine rings is 1. The molecule has 1 atom stereocenters. The van der Waals surface area contributed by atoms with E-state index in [-0.39, 0.29) is 30.6 Å². The topological polar surface area (TPSA) is 52.6 Å². The molecule has 1 saturated heterocycles. The van der Waals surface area contributed by atoms with Gasteiger partial charge in [0.25, 0.3) is 0 Å². The summed E-state index contributed by atoms with van der Waals surface area (Å²) in [4.78, 5) is 30.3. The molecule has 5 nitrogen and oxygen atoms in total. The van der Waals surface area contributed by atoms with Crippen LogP contribution in [0.1, 0.15) is 58.8 Å². The number of aryl methyl sites for hydroxylation is 2. The highest BCUT2D eigenvalue weighted by Crippen LogP contribution is 2.23. The lowest BCUT2D eigenvalue weighted by Gasteiger charge is -2.35. The number of nitrogens with zero attached hydrogens (tertiary/aromatic N) is 2. The van der Waals surface area contributed by atoms with E-state index in [4.69, 9.17) is 0 Å². The van der Waals surface area contributed by atoms with E-state index in [1.54, 1.807) is 0 Å². The highest BCUT2D eigenvalue weighted by Gasteiger charge is 2.22. The molecule has 1 amide bonds. The standard InChI is InChI=1S/C27H35N3O2/c1-29-15-17-30(18-16-29)20-25(22-8-3-2-4-9-22)28-27(32)14-13-26(31)24-12-11-21-7-5-6-10-23(21)19-24/h2-4,8-9,11-12,19,25H,5-7,10,13-18,20H2,1H3,(H,28,32). The number of hydrogen-bond acceptors (Lipinski definition) is 4. The number of likely N-dealkylation sites (N-methyl/N-ethyl adjacent to an activating group) is 1. The van der Waals surface area contributed by atoms with Gasteiger partial charge in [-0.15, -0.1) is 0 Å². The molecule has 2 aliphatic rings. The van der Waals surface area contributed by atoms with Crippen LogP contribution in [0.5, 0.6) is 0 Å². The Morgan fingerprint density at radius 1 is 0.906 bits per heavy atom. The van der Waals surface area contributed by atoms with Crippen LogP contribution in [0.25, 0.3) is 0 Å². The van der Waals surface area contributed by atoms with Crippen LogP contribution < -0.4 is 5.32 Å². The summed E-state index contributed by atoms with van der Waals surface area (Å²) in [5.41, 5.74) is 4.54. The smallest absolute Gasteiger partial charge is 0.220 e. The Labute approximate surface area is 191 Å². The van der Waals surface area contributed by atoms with Crippen LogP contribution in [0.15, 0.2) is 48.5 Å². The highest BCUT2D eigenvalue weighted by atomic mass is 16.2. The van der Waals surface area contributed by atoms with Crippen LogP contribution in [0.3, 0.4) is 0 Å². The predicted molar refractivity (Wildman–Crippen MR) is 128 cm³/mol. The van der Waals surface area contributed by atoms with E-state index in [2.05, 4.69) is 46.4 Å². The molecule has 0 saturated carbocycles. The molecule has 1 aliphatic heterocycles. The Morgan fingerprint density at radius 3 is 2.38 bits per heavy atom. The van der Waals surface area contributed by atoms with Gasteiger partial charge in [-0.25, -0.2) is 0 Å². The Bertz CT molecular complexity index is 920. The first-order chi connectivity index (χ1) is 15.6. The number of carbonyl (C=O) groups is 2. The van der Waals surface area contributed by atoms with Crippen molar-refractivity contribution < 1.29 is 9.59 Å². The summed E-state index contributed by atoms with van der Waals surface area (Å²) in [6.07, 6.45) is 5.07. The summed E-state index contributed by atoms with van der Waals surface area (Å²) in [7, 11) is 2.15. The second-order valence-electron chi connectivity index (χ2n) is 9.25. The average molecular weight is 434 g/mol. The quantitative estimate of drug-likeness (QED) is 0.646. The first kappa shape index (κ1) is 22.7. The summed E-state index contributed by atoms with van der Waals surface area (Å²) in [5, 5.41) is 3.20. The number of Topliss-reactive ketones (excluding diaryl/α,β-unsaturated/α-hetero) is 1. The fourth-order valence-electron chi connectivity index (χ4n) is 4.75. The van der Waals surface area contributed by atoms with Gasteiger partial charge >= 0.3 is 0 Å². The molecule has 1 N–H and O–H groups in total. The largest absolute Gasteiger partial charge is 0.348 e. The number of carbonyl (C=O) groups excluding carboxylic acids is 2. The van der Waals surface area contributed by atoms with Gasteiger partial charge in [0.15, 0.2) is 5.78 Å². The Hall–Kier alpha value is -2.50. The lowest BCUT2D eigenvalue weighted by Crippen LogP contribution is -2.47. The summed E-state index contributed by atoms with van der Waals surface area (Å²) < 4.78 is 0. The third kappa shape index (κ3) is 6.05. The molecule has 170 valence electrons. The van der Waals surface area contributed by atoms with Crippen molar-refractivity contribution in [3.05, 3.63) is 70.8 Å². The van der Waals surface area contributed by atoms with E-state index in [0.717, 1.165) is 56.7 Å². The second-order valence-corrected chi connectivity index (χ2v) is 9.25. The minimum atomic E-state index is -0.0639. The molecule has 1 heterocycles. The van der Waals surface area contributed by atoms with Crippen molar-refractivity contribution in [1.82, 2.24) is 15.1 Å². The van der Waals surface area contributed by atoms with Crippen LogP contribution >= 0.6 is 0 Å². The fraction of sp³-hybridized carbons (Fsp3) is 0.481. The van der Waals surface area contributed by atoms with Crippen molar-refractivity contribution in [3.63, 3.8) is 0 Å². The maximum Gasteiger partial charge on any atom is 0.220 e. The van der Waals surface area contributed by atoms with E-state index >= 15 is 0 Å². The van der Waals surface area contributed by atoms with Crippen LogP contribution in [0.2, 0.25) is 0 Å². The minimum Gasteiger partial charge on any atom is -0.348 e. The van der Waals surface area contributed by atoms with E-state index < -0.39 is 0 Å². The number of rotatable bonds is 8. The van der Waals surface area contributed by atoms with E-state index in [9.17, 15) is 9.59 Å². The van der Waals surface area contributed by atoms with E-state index in [0.29, 0.717) is 0 Å². The van der Waals surface area contributed by atoms with Crippen molar-refractivity contribution in [1.29, 1.82) is 0 Å². The normalized spacial score (nSPS) is 18.0. The van der Waals surface area contributed by atoms with Crippen molar-refractivity contribution in [2.24, 2.45) is 0 Å². The zero-order valence-electron chi connectivity index (χ0n) is 19.2. The molecular formula is C27H35N3O2. The van der Waals surface area contributed by atoms with Crippen molar-refractivity contribution in [2.75, 3.05) is 39.8 Å². The van der Waals surface area contributed by atoms with E-state index in [1.807, 2.05) is 24.3 Å². The van der Waals surface area contributed by atoms with Gasteiger partial charge in [0.05, 0.1) is 6.04 Å². The molecule has 5 heteroatoms. The lowest BCUT2D eigenvalue weighted by atomic mass is 9.89.